The summed E-state index contributed by atoms with van der Waals surface area (Å²) in [5.41, 5.74) is 9.46. The molecule has 2 aromatic rings. The molecule has 4 atom stereocenters. The zero-order valence-electron chi connectivity index (χ0n) is 22.3. The first kappa shape index (κ1) is 29.4. The molecule has 0 saturated carbocycles. The van der Waals surface area contributed by atoms with E-state index in [1.165, 1.54) is 13.1 Å². The number of likely N-dealkylation sites (N-methyl/N-ethyl adjacent to an activating group) is 1. The second-order valence-corrected chi connectivity index (χ2v) is 9.49. The predicted octanol–water partition coefficient (Wildman–Crippen LogP) is 2.34. The third-order valence-electron chi connectivity index (χ3n) is 7.04. The Hall–Kier alpha value is -4.18. The number of primary amides is 1. The topological polar surface area (TPSA) is 148 Å². The Morgan fingerprint density at radius 3 is 2.15 bits per heavy atom. The summed E-state index contributed by atoms with van der Waals surface area (Å²) < 4.78 is 10.6. The fraction of sp³-hybridized carbons (Fsp3) is 0.379. The molecule has 4 N–H and O–H groups in total. The maximum atomic E-state index is 13.5. The first-order valence-electron chi connectivity index (χ1n) is 12.7. The zero-order valence-corrected chi connectivity index (χ0v) is 22.3. The predicted molar refractivity (Wildman–Crippen MR) is 144 cm³/mol. The van der Waals surface area contributed by atoms with Gasteiger partial charge in [-0.05, 0) is 28.2 Å². The number of nitrogens with two attached hydrogens (primary N) is 1. The average molecular weight is 538 g/mol. The van der Waals surface area contributed by atoms with Crippen LogP contribution in [-0.4, -0.2) is 72.3 Å². The first-order chi connectivity index (χ1) is 18.6. The highest BCUT2D eigenvalue weighted by molar-refractivity contribution is 5.94. The summed E-state index contributed by atoms with van der Waals surface area (Å²) in [4.78, 5) is 51.6. The highest BCUT2D eigenvalue weighted by Gasteiger charge is 2.41. The van der Waals surface area contributed by atoms with Crippen LogP contribution in [0, 0.1) is 5.92 Å². The van der Waals surface area contributed by atoms with Crippen molar-refractivity contribution >= 4 is 23.9 Å². The Labute approximate surface area is 227 Å². The van der Waals surface area contributed by atoms with Gasteiger partial charge in [-0.25, -0.2) is 9.59 Å². The van der Waals surface area contributed by atoms with Crippen LogP contribution in [0.4, 0.5) is 4.79 Å². The zero-order chi connectivity index (χ0) is 28.7. The molecule has 0 aliphatic heterocycles. The van der Waals surface area contributed by atoms with Crippen LogP contribution < -0.4 is 11.1 Å². The van der Waals surface area contributed by atoms with E-state index in [1.807, 2.05) is 55.5 Å². The van der Waals surface area contributed by atoms with Crippen molar-refractivity contribution in [2.45, 2.75) is 44.4 Å². The van der Waals surface area contributed by atoms with Gasteiger partial charge < -0.3 is 30.5 Å². The highest BCUT2D eigenvalue weighted by atomic mass is 16.5. The van der Waals surface area contributed by atoms with Crippen LogP contribution >= 0.6 is 0 Å². The largest absolute Gasteiger partial charge is 0.460 e. The monoisotopic (exact) mass is 537 g/mol. The number of aliphatic hydroxyl groups is 1. The molecule has 10 nitrogen and oxygen atoms in total. The number of benzene rings is 2. The number of alkyl carbamates (subject to hydrolysis) is 1. The Kier molecular flexibility index (Phi) is 9.84. The van der Waals surface area contributed by atoms with E-state index in [2.05, 4.69) is 11.9 Å². The van der Waals surface area contributed by atoms with Gasteiger partial charge in [-0.1, -0.05) is 81.5 Å². The lowest BCUT2D eigenvalue weighted by molar-refractivity contribution is -0.161. The van der Waals surface area contributed by atoms with Crippen LogP contribution in [0.5, 0.6) is 0 Å². The van der Waals surface area contributed by atoms with Gasteiger partial charge in [0.25, 0.3) is 0 Å². The van der Waals surface area contributed by atoms with E-state index < -0.39 is 42.1 Å². The summed E-state index contributed by atoms with van der Waals surface area (Å²) in [5.74, 6) is -3.52. The molecule has 208 valence electrons. The number of amides is 3. The summed E-state index contributed by atoms with van der Waals surface area (Å²) in [6.45, 7) is 6.87. The number of fused-ring (bicyclic) bond motifs is 3. The summed E-state index contributed by atoms with van der Waals surface area (Å²) in [6, 6.07) is 13.0. The third-order valence-corrected chi connectivity index (χ3v) is 7.04. The number of nitrogens with zero attached hydrogens (tertiary/aromatic N) is 1. The van der Waals surface area contributed by atoms with Gasteiger partial charge in [-0.2, -0.15) is 0 Å². The van der Waals surface area contributed by atoms with Gasteiger partial charge >= 0.3 is 12.1 Å². The van der Waals surface area contributed by atoms with E-state index in [9.17, 15) is 24.3 Å². The Balaban J connectivity index is 1.76. The number of nitrogens with one attached hydrogen (secondary N) is 1. The van der Waals surface area contributed by atoms with Crippen LogP contribution in [0.15, 0.2) is 61.2 Å². The molecule has 0 heterocycles. The van der Waals surface area contributed by atoms with Gasteiger partial charge in [0, 0.05) is 13.0 Å². The maximum Gasteiger partial charge on any atom is 0.407 e. The number of rotatable bonds is 12. The van der Waals surface area contributed by atoms with Crippen molar-refractivity contribution in [2.75, 3.05) is 20.3 Å². The van der Waals surface area contributed by atoms with E-state index in [-0.39, 0.29) is 25.0 Å². The molecule has 0 radical (unpaired) electrons. The fourth-order valence-corrected chi connectivity index (χ4v) is 4.69. The highest BCUT2D eigenvalue weighted by Crippen LogP contribution is 2.44. The van der Waals surface area contributed by atoms with Gasteiger partial charge in [-0.3, -0.25) is 9.59 Å². The number of hydrogen-bond acceptors (Lipinski definition) is 7. The normalized spacial score (nSPS) is 15.1. The number of hydrogen-bond donors (Lipinski definition) is 3. The van der Waals surface area contributed by atoms with Crippen LogP contribution in [0.25, 0.3) is 11.1 Å². The number of esters is 1. The smallest absolute Gasteiger partial charge is 0.407 e. The van der Waals surface area contributed by atoms with Crippen molar-refractivity contribution in [1.29, 1.82) is 0 Å². The third kappa shape index (κ3) is 6.46. The molecule has 39 heavy (non-hydrogen) atoms. The minimum Gasteiger partial charge on any atom is -0.460 e. The molecule has 0 fully saturated rings. The average Bonchev–Trinajstić information content (AvgIpc) is 3.26. The van der Waals surface area contributed by atoms with Gasteiger partial charge in [0.05, 0.1) is 0 Å². The molecule has 3 amide bonds. The van der Waals surface area contributed by atoms with E-state index >= 15 is 0 Å². The van der Waals surface area contributed by atoms with Crippen molar-refractivity contribution in [3.05, 3.63) is 72.3 Å². The molecule has 0 unspecified atom stereocenters. The molecule has 10 heteroatoms. The molecular weight excluding hydrogens is 502 g/mol. The van der Waals surface area contributed by atoms with E-state index in [0.29, 0.717) is 6.42 Å². The minimum atomic E-state index is -2.02. The van der Waals surface area contributed by atoms with Crippen molar-refractivity contribution in [3.8, 4) is 11.1 Å². The molecule has 0 aromatic heterocycles. The van der Waals surface area contributed by atoms with Crippen molar-refractivity contribution < 1.29 is 33.8 Å². The van der Waals surface area contributed by atoms with E-state index in [1.54, 1.807) is 6.92 Å². The maximum absolute atomic E-state index is 13.5. The fourth-order valence-electron chi connectivity index (χ4n) is 4.69. The summed E-state index contributed by atoms with van der Waals surface area (Å²) in [7, 11) is 1.23. The molecule has 3 rings (SSSR count). The van der Waals surface area contributed by atoms with Crippen molar-refractivity contribution in [1.82, 2.24) is 10.2 Å². The second kappa shape index (κ2) is 13.1. The van der Waals surface area contributed by atoms with Gasteiger partial charge in [0.1, 0.15) is 19.3 Å². The molecule has 0 saturated heterocycles. The molecule has 0 bridgehead atoms. The van der Waals surface area contributed by atoms with Crippen LogP contribution in [0.3, 0.4) is 0 Å². The first-order valence-corrected chi connectivity index (χ1v) is 12.7. The summed E-state index contributed by atoms with van der Waals surface area (Å²) >= 11 is 0. The quantitative estimate of drug-likeness (QED) is 0.278. The molecule has 1 aliphatic carbocycles. The summed E-state index contributed by atoms with van der Waals surface area (Å²) in [5, 5.41) is 12.9. The Morgan fingerprint density at radius 1 is 1.08 bits per heavy atom. The van der Waals surface area contributed by atoms with Gasteiger partial charge in [0.2, 0.25) is 11.8 Å². The van der Waals surface area contributed by atoms with Gasteiger partial charge in [0.15, 0.2) is 12.1 Å². The number of carbonyl (C=O) groups excluding carboxylic acids is 4. The molecular formula is C29H35N3O7. The number of ether oxygens (including phenoxy) is 2. The number of aliphatic hydroxyl groups excluding tert-OH is 1. The lowest BCUT2D eigenvalue weighted by Crippen LogP contribution is -2.60. The van der Waals surface area contributed by atoms with Gasteiger partial charge in [-0.15, -0.1) is 0 Å². The lowest BCUT2D eigenvalue weighted by Gasteiger charge is -2.33. The van der Waals surface area contributed by atoms with Crippen molar-refractivity contribution in [3.63, 3.8) is 0 Å². The Morgan fingerprint density at radius 2 is 1.64 bits per heavy atom. The standard InChI is InChI=1S/C29H35N3O7/c1-5-15-38-28(36)24(25(33)26(30)34)32(4)27(35)23(17(3)6-2)31-29(37)39-16-22-20-13-9-7-11-18(20)19-12-8-10-14-21(19)22/h5,7-14,17,22-25,33H,1,6,15-16H2,2-4H3,(H2,30,34)(H,31,37)/t17-,23-,24+,25+/m0/s1. The minimum absolute atomic E-state index is 0.0496. The van der Waals surface area contributed by atoms with Crippen molar-refractivity contribution in [2.24, 2.45) is 11.7 Å². The van der Waals surface area contributed by atoms with Crippen LogP contribution in [0.1, 0.15) is 37.3 Å². The summed E-state index contributed by atoms with van der Waals surface area (Å²) in [6.07, 6.45) is -1.04. The number of carbonyl (C=O) groups is 4. The van der Waals surface area contributed by atoms with Crippen LogP contribution in [0.2, 0.25) is 0 Å². The van der Waals surface area contributed by atoms with E-state index in [4.69, 9.17) is 15.2 Å². The second-order valence-electron chi connectivity index (χ2n) is 9.49. The van der Waals surface area contributed by atoms with E-state index in [0.717, 1.165) is 27.2 Å². The van der Waals surface area contributed by atoms with Crippen LogP contribution in [-0.2, 0) is 23.9 Å². The lowest BCUT2D eigenvalue weighted by atomic mass is 9.96. The molecule has 2 aromatic carbocycles. The molecule has 1 aliphatic rings. The Bertz CT molecular complexity index is 1190. The SMILES string of the molecule is C=CCOC(=O)[C@@H]([C@@H](O)C(N)=O)N(C)C(=O)[C@@H](NC(=O)OCC1c2ccccc2-c2ccccc21)[C@@H](C)CC. The molecule has 0 spiro atoms.